The van der Waals surface area contributed by atoms with Gasteiger partial charge < -0.3 is 15.0 Å². The summed E-state index contributed by atoms with van der Waals surface area (Å²) < 4.78 is 18.4. The fraction of sp³-hybridized carbons (Fsp3) is 0.444. The SMILES string of the molecule is COCc1nccc(NC2CCCN(c3ccc(F)cc3C)C2)n1. The lowest BCUT2D eigenvalue weighted by atomic mass is 10.0. The molecule has 1 atom stereocenters. The molecular formula is C18H23FN4O. The van der Waals surface area contributed by atoms with Crippen molar-refractivity contribution in [2.24, 2.45) is 0 Å². The number of rotatable bonds is 5. The molecule has 0 amide bonds. The van der Waals surface area contributed by atoms with Gasteiger partial charge in [-0.25, -0.2) is 14.4 Å². The van der Waals surface area contributed by atoms with Crippen molar-refractivity contribution in [1.29, 1.82) is 0 Å². The molecule has 1 saturated heterocycles. The Morgan fingerprint density at radius 2 is 2.25 bits per heavy atom. The third-order valence-electron chi connectivity index (χ3n) is 4.25. The Hall–Kier alpha value is -2.21. The topological polar surface area (TPSA) is 50.3 Å². The first-order valence-corrected chi connectivity index (χ1v) is 8.24. The number of nitrogens with one attached hydrogen (secondary N) is 1. The second-order valence-electron chi connectivity index (χ2n) is 6.15. The summed E-state index contributed by atoms with van der Waals surface area (Å²) in [5, 5.41) is 3.49. The number of hydrogen-bond acceptors (Lipinski definition) is 5. The molecule has 2 aromatic rings. The maximum absolute atomic E-state index is 13.3. The first-order valence-electron chi connectivity index (χ1n) is 8.24. The molecule has 1 unspecified atom stereocenters. The Bertz CT molecular complexity index is 694. The van der Waals surface area contributed by atoms with Crippen LogP contribution in [0.1, 0.15) is 24.2 Å². The first-order chi connectivity index (χ1) is 11.7. The van der Waals surface area contributed by atoms with Gasteiger partial charge in [-0.15, -0.1) is 0 Å². The number of aromatic nitrogens is 2. The quantitative estimate of drug-likeness (QED) is 0.913. The second-order valence-corrected chi connectivity index (χ2v) is 6.15. The number of methoxy groups -OCH3 is 1. The molecule has 1 aromatic carbocycles. The van der Waals surface area contributed by atoms with Gasteiger partial charge in [-0.2, -0.15) is 0 Å². The number of nitrogens with zero attached hydrogens (tertiary/aromatic N) is 3. The van der Waals surface area contributed by atoms with E-state index in [0.717, 1.165) is 43.0 Å². The molecule has 2 heterocycles. The van der Waals surface area contributed by atoms with E-state index in [1.54, 1.807) is 19.4 Å². The summed E-state index contributed by atoms with van der Waals surface area (Å²) in [5.41, 5.74) is 2.07. The molecule has 3 rings (SSSR count). The molecule has 1 aromatic heterocycles. The van der Waals surface area contributed by atoms with Gasteiger partial charge in [-0.1, -0.05) is 0 Å². The van der Waals surface area contributed by atoms with Gasteiger partial charge in [0.25, 0.3) is 0 Å². The van der Waals surface area contributed by atoms with Crippen LogP contribution in [0.2, 0.25) is 0 Å². The Labute approximate surface area is 141 Å². The molecule has 1 fully saturated rings. The van der Waals surface area contributed by atoms with E-state index in [-0.39, 0.29) is 5.82 Å². The number of ether oxygens (including phenoxy) is 1. The number of anilines is 2. The standard InChI is InChI=1S/C18H23FN4O/c1-13-10-14(19)5-6-16(13)23-9-3-4-15(11-23)21-17-7-8-20-18(22-17)12-24-2/h5-8,10,15H,3-4,9,11-12H2,1-2H3,(H,20,21,22). The summed E-state index contributed by atoms with van der Waals surface area (Å²) in [7, 11) is 1.63. The van der Waals surface area contributed by atoms with E-state index in [0.29, 0.717) is 18.5 Å². The summed E-state index contributed by atoms with van der Waals surface area (Å²) in [6, 6.07) is 7.16. The normalized spacial score (nSPS) is 17.8. The highest BCUT2D eigenvalue weighted by Gasteiger charge is 2.21. The fourth-order valence-electron chi connectivity index (χ4n) is 3.17. The molecule has 1 aliphatic heterocycles. The van der Waals surface area contributed by atoms with Gasteiger partial charge in [-0.3, -0.25) is 0 Å². The van der Waals surface area contributed by atoms with E-state index in [1.807, 2.05) is 19.1 Å². The zero-order valence-corrected chi connectivity index (χ0v) is 14.1. The lowest BCUT2D eigenvalue weighted by Crippen LogP contribution is -2.42. The monoisotopic (exact) mass is 330 g/mol. The molecule has 24 heavy (non-hydrogen) atoms. The summed E-state index contributed by atoms with van der Waals surface area (Å²) >= 11 is 0. The van der Waals surface area contributed by atoms with Crippen LogP contribution in [0.15, 0.2) is 30.5 Å². The van der Waals surface area contributed by atoms with Gasteiger partial charge in [0.2, 0.25) is 0 Å². The summed E-state index contributed by atoms with van der Waals surface area (Å²) in [4.78, 5) is 11.0. The van der Waals surface area contributed by atoms with Crippen LogP contribution in [-0.4, -0.2) is 36.2 Å². The van der Waals surface area contributed by atoms with Gasteiger partial charge in [0, 0.05) is 38.1 Å². The summed E-state index contributed by atoms with van der Waals surface area (Å²) in [6.45, 7) is 4.22. The van der Waals surface area contributed by atoms with Crippen LogP contribution < -0.4 is 10.2 Å². The van der Waals surface area contributed by atoms with Crippen molar-refractivity contribution in [1.82, 2.24) is 9.97 Å². The van der Waals surface area contributed by atoms with E-state index in [2.05, 4.69) is 20.2 Å². The van der Waals surface area contributed by atoms with Gasteiger partial charge in [0.05, 0.1) is 0 Å². The van der Waals surface area contributed by atoms with Crippen molar-refractivity contribution in [3.63, 3.8) is 0 Å². The van der Waals surface area contributed by atoms with Crippen molar-refractivity contribution in [3.05, 3.63) is 47.7 Å². The lowest BCUT2D eigenvalue weighted by Gasteiger charge is -2.35. The summed E-state index contributed by atoms with van der Waals surface area (Å²) in [6.07, 6.45) is 3.92. The van der Waals surface area contributed by atoms with E-state index >= 15 is 0 Å². The molecule has 6 heteroatoms. The first kappa shape index (κ1) is 16.6. The van der Waals surface area contributed by atoms with Crippen LogP contribution in [0.3, 0.4) is 0 Å². The van der Waals surface area contributed by atoms with E-state index < -0.39 is 0 Å². The minimum absolute atomic E-state index is 0.186. The van der Waals surface area contributed by atoms with Gasteiger partial charge in [0.1, 0.15) is 18.2 Å². The molecule has 128 valence electrons. The maximum atomic E-state index is 13.3. The number of benzene rings is 1. The Morgan fingerprint density at radius 1 is 1.38 bits per heavy atom. The Kier molecular flexibility index (Phi) is 5.25. The zero-order chi connectivity index (χ0) is 16.9. The molecule has 0 radical (unpaired) electrons. The number of piperidine rings is 1. The predicted molar refractivity (Wildman–Crippen MR) is 92.7 cm³/mol. The second kappa shape index (κ2) is 7.57. The van der Waals surface area contributed by atoms with E-state index in [4.69, 9.17) is 4.74 Å². The average Bonchev–Trinajstić information content (AvgIpc) is 2.56. The van der Waals surface area contributed by atoms with Gasteiger partial charge in [-0.05, 0) is 49.6 Å². The minimum atomic E-state index is -0.186. The van der Waals surface area contributed by atoms with Gasteiger partial charge in [0.15, 0.2) is 5.82 Å². The molecule has 0 spiro atoms. The highest BCUT2D eigenvalue weighted by Crippen LogP contribution is 2.25. The van der Waals surface area contributed by atoms with Gasteiger partial charge >= 0.3 is 0 Å². The van der Waals surface area contributed by atoms with Crippen LogP contribution in [-0.2, 0) is 11.3 Å². The van der Waals surface area contributed by atoms with Crippen molar-refractivity contribution < 1.29 is 9.13 Å². The third kappa shape index (κ3) is 4.00. The zero-order valence-electron chi connectivity index (χ0n) is 14.1. The largest absolute Gasteiger partial charge is 0.377 e. The number of halogens is 1. The molecule has 0 aliphatic carbocycles. The average molecular weight is 330 g/mol. The summed E-state index contributed by atoms with van der Waals surface area (Å²) in [5.74, 6) is 1.30. The molecule has 0 bridgehead atoms. The molecule has 5 nitrogen and oxygen atoms in total. The number of hydrogen-bond donors (Lipinski definition) is 1. The predicted octanol–water partition coefficient (Wildman–Crippen LogP) is 3.15. The third-order valence-corrected chi connectivity index (χ3v) is 4.25. The molecule has 1 N–H and O–H groups in total. The van der Waals surface area contributed by atoms with Crippen molar-refractivity contribution in [2.75, 3.05) is 30.4 Å². The highest BCUT2D eigenvalue weighted by atomic mass is 19.1. The van der Waals surface area contributed by atoms with Crippen molar-refractivity contribution >= 4 is 11.5 Å². The fourth-order valence-corrected chi connectivity index (χ4v) is 3.17. The van der Waals surface area contributed by atoms with E-state index in [1.165, 1.54) is 6.07 Å². The smallest absolute Gasteiger partial charge is 0.156 e. The number of aryl methyl sites for hydroxylation is 1. The van der Waals surface area contributed by atoms with Crippen LogP contribution >= 0.6 is 0 Å². The molecule has 1 aliphatic rings. The van der Waals surface area contributed by atoms with Crippen LogP contribution in [0, 0.1) is 12.7 Å². The van der Waals surface area contributed by atoms with Crippen molar-refractivity contribution in [3.8, 4) is 0 Å². The minimum Gasteiger partial charge on any atom is -0.377 e. The maximum Gasteiger partial charge on any atom is 0.156 e. The Balaban J connectivity index is 1.68. The highest BCUT2D eigenvalue weighted by molar-refractivity contribution is 5.54. The van der Waals surface area contributed by atoms with Crippen LogP contribution in [0.25, 0.3) is 0 Å². The Morgan fingerprint density at radius 3 is 3.04 bits per heavy atom. The molecular weight excluding hydrogens is 307 g/mol. The van der Waals surface area contributed by atoms with E-state index in [9.17, 15) is 4.39 Å². The molecule has 0 saturated carbocycles. The van der Waals surface area contributed by atoms with Crippen LogP contribution in [0.4, 0.5) is 15.9 Å². The lowest BCUT2D eigenvalue weighted by molar-refractivity contribution is 0.178. The van der Waals surface area contributed by atoms with Crippen LogP contribution in [0.5, 0.6) is 0 Å². The van der Waals surface area contributed by atoms with Crippen molar-refractivity contribution in [2.45, 2.75) is 32.4 Å².